The number of hydrogen-bond donors (Lipinski definition) is 1. The number of rotatable bonds is 3. The molecule has 1 atom stereocenters. The second kappa shape index (κ2) is 6.64. The molecule has 1 saturated heterocycles. The van der Waals surface area contributed by atoms with Gasteiger partial charge < -0.3 is 5.11 Å². The summed E-state index contributed by atoms with van der Waals surface area (Å²) in [6.07, 6.45) is 3.00. The van der Waals surface area contributed by atoms with Crippen LogP contribution in [0.1, 0.15) is 18.5 Å². The van der Waals surface area contributed by atoms with Crippen LogP contribution in [-0.4, -0.2) is 37.9 Å². The Morgan fingerprint density at radius 3 is 2.95 bits per heavy atom. The van der Waals surface area contributed by atoms with Crippen LogP contribution in [-0.2, 0) is 11.3 Å². The number of nitrogens with zero attached hydrogens (tertiary/aromatic N) is 3. The summed E-state index contributed by atoms with van der Waals surface area (Å²) in [5.74, 6) is -0.822. The van der Waals surface area contributed by atoms with Crippen molar-refractivity contribution in [2.45, 2.75) is 25.4 Å². The molecule has 8 heteroatoms. The second-order valence-corrected chi connectivity index (χ2v) is 5.56. The summed E-state index contributed by atoms with van der Waals surface area (Å²) in [5, 5.41) is 9.64. The van der Waals surface area contributed by atoms with Gasteiger partial charge in [-0.2, -0.15) is 0 Å². The van der Waals surface area contributed by atoms with Gasteiger partial charge in [0, 0.05) is 18.8 Å². The second-order valence-electron chi connectivity index (χ2n) is 5.13. The van der Waals surface area contributed by atoms with Gasteiger partial charge in [0.2, 0.25) is 0 Å². The summed E-state index contributed by atoms with van der Waals surface area (Å²) < 4.78 is 1.38. The molecular weight excluding hydrogens is 329 g/mol. The predicted molar refractivity (Wildman–Crippen MR) is 84.8 cm³/mol. The van der Waals surface area contributed by atoms with E-state index in [2.05, 4.69) is 4.98 Å². The van der Waals surface area contributed by atoms with Crippen LogP contribution in [0.2, 0.25) is 5.02 Å². The highest BCUT2D eigenvalue weighted by molar-refractivity contribution is 6.30. The predicted octanol–water partition coefficient (Wildman–Crippen LogP) is 1.82. The third kappa shape index (κ3) is 3.24. The van der Waals surface area contributed by atoms with E-state index in [9.17, 15) is 14.7 Å². The Labute approximate surface area is 137 Å². The first-order chi connectivity index (χ1) is 10.0. The van der Waals surface area contributed by atoms with Crippen molar-refractivity contribution >= 4 is 35.6 Å². The van der Waals surface area contributed by atoms with Crippen molar-refractivity contribution in [3.05, 3.63) is 45.5 Å². The van der Waals surface area contributed by atoms with Crippen LogP contribution in [0.5, 0.6) is 0 Å². The number of carboxylic acids is 1. The molecule has 3 rings (SSSR count). The van der Waals surface area contributed by atoms with Crippen molar-refractivity contribution in [2.24, 2.45) is 0 Å². The van der Waals surface area contributed by atoms with Crippen LogP contribution in [0, 0.1) is 0 Å². The zero-order valence-corrected chi connectivity index (χ0v) is 13.2. The van der Waals surface area contributed by atoms with Crippen LogP contribution >= 0.6 is 24.0 Å². The minimum Gasteiger partial charge on any atom is -0.480 e. The van der Waals surface area contributed by atoms with Crippen molar-refractivity contribution in [2.75, 3.05) is 6.54 Å². The van der Waals surface area contributed by atoms with E-state index in [1.54, 1.807) is 12.1 Å². The SMILES string of the molecule is Cl.O=C(O)C1CCCN1Cc1cc(=O)n2cc(Cl)ccc2n1. The van der Waals surface area contributed by atoms with Crippen LogP contribution in [0.4, 0.5) is 0 Å². The Balaban J connectivity index is 0.00000176. The molecule has 0 aromatic carbocycles. The number of carbonyl (C=O) groups is 1. The summed E-state index contributed by atoms with van der Waals surface area (Å²) in [4.78, 5) is 29.5. The van der Waals surface area contributed by atoms with E-state index in [0.717, 1.165) is 6.42 Å². The number of fused-ring (bicyclic) bond motifs is 1. The van der Waals surface area contributed by atoms with Crippen molar-refractivity contribution < 1.29 is 9.90 Å². The third-order valence-corrected chi connectivity index (χ3v) is 3.91. The molecule has 6 nitrogen and oxygen atoms in total. The lowest BCUT2D eigenvalue weighted by atomic mass is 10.2. The topological polar surface area (TPSA) is 74.9 Å². The van der Waals surface area contributed by atoms with Gasteiger partial charge in [-0.05, 0) is 31.5 Å². The maximum absolute atomic E-state index is 12.1. The lowest BCUT2D eigenvalue weighted by Gasteiger charge is -2.20. The number of likely N-dealkylation sites (tertiary alicyclic amines) is 1. The van der Waals surface area contributed by atoms with E-state index in [1.807, 2.05) is 4.90 Å². The van der Waals surface area contributed by atoms with Crippen molar-refractivity contribution in [3.8, 4) is 0 Å². The number of aromatic nitrogens is 2. The standard InChI is InChI=1S/C14H14ClN3O3.ClH/c15-9-3-4-12-16-10(6-13(19)18(12)7-9)8-17-5-1-2-11(17)14(20)21;/h3-4,6-7,11H,1-2,5,8H2,(H,20,21);1H. The van der Waals surface area contributed by atoms with Crippen LogP contribution < -0.4 is 5.56 Å². The fourth-order valence-electron chi connectivity index (χ4n) is 2.71. The largest absolute Gasteiger partial charge is 0.480 e. The molecule has 2 aromatic heterocycles. The monoisotopic (exact) mass is 343 g/mol. The van der Waals surface area contributed by atoms with Crippen molar-refractivity contribution in [1.82, 2.24) is 14.3 Å². The molecule has 2 aromatic rings. The first kappa shape index (κ1) is 16.7. The quantitative estimate of drug-likeness (QED) is 0.919. The van der Waals surface area contributed by atoms with E-state index in [-0.39, 0.29) is 18.0 Å². The van der Waals surface area contributed by atoms with E-state index in [0.29, 0.717) is 35.9 Å². The molecule has 0 saturated carbocycles. The fraction of sp³-hybridized carbons (Fsp3) is 0.357. The van der Waals surface area contributed by atoms with Crippen molar-refractivity contribution in [3.63, 3.8) is 0 Å². The average molecular weight is 344 g/mol. The Morgan fingerprint density at radius 1 is 1.45 bits per heavy atom. The summed E-state index contributed by atoms with van der Waals surface area (Å²) in [6.45, 7) is 1.07. The van der Waals surface area contributed by atoms with Gasteiger partial charge in [0.05, 0.1) is 10.7 Å². The zero-order valence-electron chi connectivity index (χ0n) is 11.6. The smallest absolute Gasteiger partial charge is 0.320 e. The number of halogens is 2. The van der Waals surface area contributed by atoms with E-state index >= 15 is 0 Å². The number of pyridine rings is 1. The molecule has 1 fully saturated rings. The molecule has 1 aliphatic heterocycles. The Bertz CT molecular complexity index is 763. The number of aliphatic carboxylic acids is 1. The van der Waals surface area contributed by atoms with E-state index in [4.69, 9.17) is 11.6 Å². The fourth-order valence-corrected chi connectivity index (χ4v) is 2.87. The maximum atomic E-state index is 12.1. The summed E-state index contributed by atoms with van der Waals surface area (Å²) in [6, 6.07) is 4.28. The molecule has 118 valence electrons. The van der Waals surface area contributed by atoms with E-state index in [1.165, 1.54) is 16.7 Å². The van der Waals surface area contributed by atoms with Gasteiger partial charge in [0.1, 0.15) is 11.7 Å². The average Bonchev–Trinajstić information content (AvgIpc) is 2.88. The van der Waals surface area contributed by atoms with Crippen molar-refractivity contribution in [1.29, 1.82) is 0 Å². The number of carboxylic acid groups (broad SMARTS) is 1. The molecule has 3 heterocycles. The molecule has 1 N–H and O–H groups in total. The molecule has 22 heavy (non-hydrogen) atoms. The highest BCUT2D eigenvalue weighted by Crippen LogP contribution is 2.19. The van der Waals surface area contributed by atoms with Gasteiger partial charge in [-0.3, -0.25) is 18.9 Å². The maximum Gasteiger partial charge on any atom is 0.320 e. The van der Waals surface area contributed by atoms with Crippen LogP contribution in [0.15, 0.2) is 29.2 Å². The molecule has 0 radical (unpaired) electrons. The zero-order chi connectivity index (χ0) is 15.0. The highest BCUT2D eigenvalue weighted by atomic mass is 35.5. The lowest BCUT2D eigenvalue weighted by molar-refractivity contribution is -0.142. The van der Waals surface area contributed by atoms with Gasteiger partial charge in [-0.15, -0.1) is 12.4 Å². The minimum absolute atomic E-state index is 0. The Hall–Kier alpha value is -1.63. The molecule has 0 amide bonds. The molecule has 0 aliphatic carbocycles. The third-order valence-electron chi connectivity index (χ3n) is 3.69. The molecule has 0 spiro atoms. The van der Waals surface area contributed by atoms with Gasteiger partial charge in [0.15, 0.2) is 0 Å². The first-order valence-corrected chi connectivity index (χ1v) is 7.07. The van der Waals surface area contributed by atoms with Gasteiger partial charge in [-0.1, -0.05) is 11.6 Å². The number of hydrogen-bond acceptors (Lipinski definition) is 4. The highest BCUT2D eigenvalue weighted by Gasteiger charge is 2.30. The van der Waals surface area contributed by atoms with Crippen LogP contribution in [0.3, 0.4) is 0 Å². The Kier molecular flexibility index (Phi) is 5.05. The summed E-state index contributed by atoms with van der Waals surface area (Å²) >= 11 is 5.86. The molecular formula is C14H15Cl2N3O3. The van der Waals surface area contributed by atoms with Gasteiger partial charge in [0.25, 0.3) is 5.56 Å². The molecule has 0 bridgehead atoms. The van der Waals surface area contributed by atoms with E-state index < -0.39 is 12.0 Å². The van der Waals surface area contributed by atoms with Gasteiger partial charge >= 0.3 is 5.97 Å². The molecule has 1 unspecified atom stereocenters. The lowest BCUT2D eigenvalue weighted by Crippen LogP contribution is -2.36. The first-order valence-electron chi connectivity index (χ1n) is 6.69. The summed E-state index contributed by atoms with van der Waals surface area (Å²) in [5.41, 5.74) is 0.868. The molecule has 1 aliphatic rings. The van der Waals surface area contributed by atoms with Gasteiger partial charge in [-0.25, -0.2) is 4.98 Å². The minimum atomic E-state index is -0.822. The summed E-state index contributed by atoms with van der Waals surface area (Å²) in [7, 11) is 0. The normalized spacial score (nSPS) is 18.3. The Morgan fingerprint density at radius 2 is 2.23 bits per heavy atom. The van der Waals surface area contributed by atoms with Crippen LogP contribution in [0.25, 0.3) is 5.65 Å².